The number of alkyl halides is 1. The molecule has 3 heteroatoms. The summed E-state index contributed by atoms with van der Waals surface area (Å²) in [5, 5.41) is 18.9. The van der Waals surface area contributed by atoms with Gasteiger partial charge < -0.3 is 5.11 Å². The van der Waals surface area contributed by atoms with Gasteiger partial charge in [-0.3, -0.25) is 0 Å². The van der Waals surface area contributed by atoms with E-state index in [0.717, 1.165) is 17.5 Å². The lowest BCUT2D eigenvalue weighted by atomic mass is 9.85. The first kappa shape index (κ1) is 14.0. The number of hydrogen-bond donors (Lipinski definition) is 1. The number of halogens is 1. The largest absolute Gasteiger partial charge is 0.388 e. The molecule has 0 fully saturated rings. The fourth-order valence-corrected chi connectivity index (χ4v) is 1.78. The van der Waals surface area contributed by atoms with Gasteiger partial charge in [-0.15, -0.1) is 11.6 Å². The van der Waals surface area contributed by atoms with Crippen molar-refractivity contribution in [3.63, 3.8) is 0 Å². The van der Waals surface area contributed by atoms with Crippen molar-refractivity contribution in [2.24, 2.45) is 0 Å². The first-order valence-electron chi connectivity index (χ1n) is 5.77. The van der Waals surface area contributed by atoms with Crippen LogP contribution < -0.4 is 0 Å². The second kappa shape index (κ2) is 6.05. The zero-order valence-corrected chi connectivity index (χ0v) is 11.0. The van der Waals surface area contributed by atoms with Gasteiger partial charge in [0.2, 0.25) is 0 Å². The van der Waals surface area contributed by atoms with Crippen LogP contribution in [-0.2, 0) is 5.41 Å². The van der Waals surface area contributed by atoms with Gasteiger partial charge in [-0.2, -0.15) is 5.26 Å². The van der Waals surface area contributed by atoms with Crippen LogP contribution in [0.1, 0.15) is 43.9 Å². The van der Waals surface area contributed by atoms with Gasteiger partial charge in [0.1, 0.15) is 0 Å². The van der Waals surface area contributed by atoms with E-state index >= 15 is 0 Å². The van der Waals surface area contributed by atoms with Crippen molar-refractivity contribution in [2.75, 3.05) is 5.88 Å². The van der Waals surface area contributed by atoms with E-state index in [9.17, 15) is 5.11 Å². The number of benzene rings is 1. The molecular weight excluding hydrogens is 234 g/mol. The van der Waals surface area contributed by atoms with Crippen LogP contribution in [0, 0.1) is 11.3 Å². The predicted octanol–water partition coefficient (Wildman–Crippen LogP) is 3.54. The average molecular weight is 252 g/mol. The molecule has 2 nitrogen and oxygen atoms in total. The van der Waals surface area contributed by atoms with Crippen molar-refractivity contribution >= 4 is 11.6 Å². The number of aliphatic hydroxyl groups excluding tert-OH is 1. The Bertz CT molecular complexity index is 392. The van der Waals surface area contributed by atoms with Crippen molar-refractivity contribution in [2.45, 2.75) is 38.2 Å². The van der Waals surface area contributed by atoms with Gasteiger partial charge in [-0.25, -0.2) is 0 Å². The molecule has 0 heterocycles. The quantitative estimate of drug-likeness (QED) is 0.814. The molecule has 1 aromatic carbocycles. The monoisotopic (exact) mass is 251 g/mol. The lowest BCUT2D eigenvalue weighted by Gasteiger charge is -2.17. The predicted molar refractivity (Wildman–Crippen MR) is 70.0 cm³/mol. The summed E-state index contributed by atoms with van der Waals surface area (Å²) in [4.78, 5) is 0. The van der Waals surface area contributed by atoms with Crippen LogP contribution in [0.3, 0.4) is 0 Å². The van der Waals surface area contributed by atoms with Gasteiger partial charge in [0.25, 0.3) is 0 Å². The maximum atomic E-state index is 9.88. The minimum absolute atomic E-state index is 0.465. The summed E-state index contributed by atoms with van der Waals surface area (Å²) in [6.45, 7) is 3.76. The SMILES string of the molecule is CC(C)(C#N)c1ccc(C(O)CCCCl)cc1. The van der Waals surface area contributed by atoms with Crippen LogP contribution in [-0.4, -0.2) is 11.0 Å². The summed E-state index contributed by atoms with van der Waals surface area (Å²) < 4.78 is 0. The lowest BCUT2D eigenvalue weighted by Crippen LogP contribution is -2.13. The van der Waals surface area contributed by atoms with E-state index in [1.807, 2.05) is 38.1 Å². The molecule has 1 aromatic rings. The molecule has 0 saturated carbocycles. The summed E-state index contributed by atoms with van der Waals surface area (Å²) in [6, 6.07) is 9.84. The van der Waals surface area contributed by atoms with Crippen LogP contribution >= 0.6 is 11.6 Å². The first-order chi connectivity index (χ1) is 8.01. The highest BCUT2D eigenvalue weighted by Gasteiger charge is 2.19. The lowest BCUT2D eigenvalue weighted by molar-refractivity contribution is 0.166. The second-order valence-corrected chi connectivity index (χ2v) is 5.08. The van der Waals surface area contributed by atoms with Crippen LogP contribution in [0.2, 0.25) is 0 Å². The molecule has 0 aromatic heterocycles. The van der Waals surface area contributed by atoms with Crippen LogP contribution in [0.15, 0.2) is 24.3 Å². The third-order valence-electron chi connectivity index (χ3n) is 2.91. The fraction of sp³-hybridized carbons (Fsp3) is 0.500. The van der Waals surface area contributed by atoms with Crippen molar-refractivity contribution in [1.82, 2.24) is 0 Å². The second-order valence-electron chi connectivity index (χ2n) is 4.71. The first-order valence-corrected chi connectivity index (χ1v) is 6.30. The molecule has 1 rings (SSSR count). The number of nitriles is 1. The molecule has 0 amide bonds. The normalized spacial score (nSPS) is 13.1. The summed E-state index contributed by atoms with van der Waals surface area (Å²) in [6.07, 6.45) is 1.01. The Morgan fingerprint density at radius 1 is 1.35 bits per heavy atom. The molecule has 92 valence electrons. The topological polar surface area (TPSA) is 44.0 Å². The van der Waals surface area contributed by atoms with Gasteiger partial charge in [-0.05, 0) is 37.8 Å². The maximum absolute atomic E-state index is 9.88. The van der Waals surface area contributed by atoms with Crippen molar-refractivity contribution < 1.29 is 5.11 Å². The van der Waals surface area contributed by atoms with Gasteiger partial charge in [-0.1, -0.05) is 24.3 Å². The smallest absolute Gasteiger partial charge is 0.0790 e. The molecule has 0 radical (unpaired) electrons. The van der Waals surface area contributed by atoms with E-state index in [-0.39, 0.29) is 0 Å². The Balaban J connectivity index is 2.78. The Labute approximate surface area is 108 Å². The van der Waals surface area contributed by atoms with Crippen molar-refractivity contribution in [1.29, 1.82) is 5.26 Å². The van der Waals surface area contributed by atoms with Gasteiger partial charge >= 0.3 is 0 Å². The molecule has 0 aliphatic carbocycles. The molecule has 0 spiro atoms. The molecule has 0 saturated heterocycles. The minimum atomic E-state index is -0.486. The van der Waals surface area contributed by atoms with E-state index in [1.54, 1.807) is 0 Å². The van der Waals surface area contributed by atoms with Gasteiger partial charge in [0.05, 0.1) is 17.6 Å². The highest BCUT2D eigenvalue weighted by molar-refractivity contribution is 6.17. The molecule has 1 atom stereocenters. The summed E-state index contributed by atoms with van der Waals surface area (Å²) in [5.74, 6) is 0.566. The number of rotatable bonds is 5. The van der Waals surface area contributed by atoms with Gasteiger partial charge in [0, 0.05) is 5.88 Å². The third kappa shape index (κ3) is 3.73. The van der Waals surface area contributed by atoms with Gasteiger partial charge in [0.15, 0.2) is 0 Å². The van der Waals surface area contributed by atoms with Crippen LogP contribution in [0.5, 0.6) is 0 Å². The fourth-order valence-electron chi connectivity index (χ4n) is 1.62. The molecular formula is C14H18ClNO. The Hall–Kier alpha value is -1.04. The number of nitrogens with zero attached hydrogens (tertiary/aromatic N) is 1. The van der Waals surface area contributed by atoms with Crippen molar-refractivity contribution in [3.05, 3.63) is 35.4 Å². The van der Waals surface area contributed by atoms with Crippen LogP contribution in [0.4, 0.5) is 0 Å². The van der Waals surface area contributed by atoms with E-state index < -0.39 is 11.5 Å². The third-order valence-corrected chi connectivity index (χ3v) is 3.18. The van der Waals surface area contributed by atoms with E-state index in [1.165, 1.54) is 0 Å². The molecule has 0 aliphatic rings. The summed E-state index contributed by atoms with van der Waals surface area (Å²) in [7, 11) is 0. The standard InChI is InChI=1S/C14H18ClNO/c1-14(2,10-16)12-7-5-11(6-8-12)13(17)4-3-9-15/h5-8,13,17H,3-4,9H2,1-2H3. The average Bonchev–Trinajstić information content (AvgIpc) is 2.36. The summed E-state index contributed by atoms with van der Waals surface area (Å²) >= 11 is 5.59. The van der Waals surface area contributed by atoms with E-state index in [2.05, 4.69) is 6.07 Å². The number of hydrogen-bond acceptors (Lipinski definition) is 2. The zero-order valence-electron chi connectivity index (χ0n) is 10.3. The molecule has 1 N–H and O–H groups in total. The minimum Gasteiger partial charge on any atom is -0.388 e. The van der Waals surface area contributed by atoms with Crippen molar-refractivity contribution in [3.8, 4) is 6.07 Å². The molecule has 0 aliphatic heterocycles. The van der Waals surface area contributed by atoms with E-state index in [0.29, 0.717) is 12.3 Å². The highest BCUT2D eigenvalue weighted by atomic mass is 35.5. The Morgan fingerprint density at radius 2 is 1.94 bits per heavy atom. The maximum Gasteiger partial charge on any atom is 0.0790 e. The Morgan fingerprint density at radius 3 is 2.41 bits per heavy atom. The molecule has 17 heavy (non-hydrogen) atoms. The zero-order chi connectivity index (χ0) is 12.9. The highest BCUT2D eigenvalue weighted by Crippen LogP contribution is 2.25. The van der Waals surface area contributed by atoms with E-state index in [4.69, 9.17) is 16.9 Å². The number of aliphatic hydroxyl groups is 1. The summed E-state index contributed by atoms with van der Waals surface area (Å²) in [5.41, 5.74) is 1.36. The Kier molecular flexibility index (Phi) is 4.99. The van der Waals surface area contributed by atoms with Crippen LogP contribution in [0.25, 0.3) is 0 Å². The molecule has 1 unspecified atom stereocenters. The molecule has 0 bridgehead atoms.